The van der Waals surface area contributed by atoms with E-state index < -0.39 is 12.6 Å². The summed E-state index contributed by atoms with van der Waals surface area (Å²) < 4.78 is 0. The van der Waals surface area contributed by atoms with Crippen molar-refractivity contribution < 1.29 is 14.7 Å². The number of carboxylic acid groups (broad SMARTS) is 1. The largest absolute Gasteiger partial charge is 0.479 e. The Morgan fingerprint density at radius 3 is 2.73 bits per heavy atom. The molecule has 1 rings (SSSR count). The van der Waals surface area contributed by atoms with Crippen LogP contribution in [0.4, 0.5) is 0 Å². The molecule has 1 aromatic carbocycles. The van der Waals surface area contributed by atoms with Gasteiger partial charge in [-0.1, -0.05) is 28.9 Å². The predicted octanol–water partition coefficient (Wildman–Crippen LogP) is 1.97. The van der Waals surface area contributed by atoms with Gasteiger partial charge in [-0.3, -0.25) is 0 Å². The molecule has 0 saturated heterocycles. The van der Waals surface area contributed by atoms with Crippen molar-refractivity contribution >= 4 is 23.8 Å². The molecule has 0 unspecified atom stereocenters. The van der Waals surface area contributed by atoms with E-state index in [-0.39, 0.29) is 0 Å². The highest BCUT2D eigenvalue weighted by molar-refractivity contribution is 6.30. The normalized spacial score (nSPS) is 10.5. The summed E-state index contributed by atoms with van der Waals surface area (Å²) in [4.78, 5) is 14.5. The summed E-state index contributed by atoms with van der Waals surface area (Å²) in [6, 6.07) is 7.29. The quantitative estimate of drug-likeness (QED) is 0.618. The van der Waals surface area contributed by atoms with E-state index in [0.717, 1.165) is 5.56 Å². The minimum atomic E-state index is -1.04. The smallest absolute Gasteiger partial charge is 0.344 e. The van der Waals surface area contributed by atoms with Crippen molar-refractivity contribution in [2.75, 3.05) is 6.61 Å². The molecule has 0 amide bonds. The zero-order valence-corrected chi connectivity index (χ0v) is 8.65. The van der Waals surface area contributed by atoms with Crippen molar-refractivity contribution in [1.82, 2.24) is 0 Å². The van der Waals surface area contributed by atoms with E-state index in [9.17, 15) is 4.79 Å². The minimum Gasteiger partial charge on any atom is -0.479 e. The standard InChI is InChI=1S/C10H10ClNO3/c11-9-3-1-8(2-4-9)5-6-12-15-7-10(13)14/h1-4,6H,5,7H2,(H,13,14). The first-order valence-corrected chi connectivity index (χ1v) is 4.66. The third kappa shape index (κ3) is 5.02. The van der Waals surface area contributed by atoms with Gasteiger partial charge in [0.15, 0.2) is 0 Å². The molecule has 0 aromatic heterocycles. The molecule has 0 bridgehead atoms. The van der Waals surface area contributed by atoms with Crippen LogP contribution < -0.4 is 0 Å². The van der Waals surface area contributed by atoms with Crippen molar-refractivity contribution in [3.63, 3.8) is 0 Å². The van der Waals surface area contributed by atoms with Gasteiger partial charge in [0, 0.05) is 17.7 Å². The maximum atomic E-state index is 10.1. The van der Waals surface area contributed by atoms with Gasteiger partial charge in [0.25, 0.3) is 0 Å². The van der Waals surface area contributed by atoms with E-state index in [1.807, 2.05) is 12.1 Å². The van der Waals surface area contributed by atoms with E-state index in [0.29, 0.717) is 11.4 Å². The maximum Gasteiger partial charge on any atom is 0.344 e. The molecule has 0 aliphatic rings. The van der Waals surface area contributed by atoms with Crippen LogP contribution in [0.25, 0.3) is 0 Å². The van der Waals surface area contributed by atoms with E-state index in [4.69, 9.17) is 16.7 Å². The van der Waals surface area contributed by atoms with E-state index in [2.05, 4.69) is 9.99 Å². The number of rotatable bonds is 5. The van der Waals surface area contributed by atoms with Gasteiger partial charge in [-0.25, -0.2) is 4.79 Å². The maximum absolute atomic E-state index is 10.1. The van der Waals surface area contributed by atoms with Crippen molar-refractivity contribution in [2.45, 2.75) is 6.42 Å². The van der Waals surface area contributed by atoms with E-state index >= 15 is 0 Å². The number of hydrogen-bond acceptors (Lipinski definition) is 3. The molecule has 0 fully saturated rings. The topological polar surface area (TPSA) is 58.9 Å². The van der Waals surface area contributed by atoms with Crippen molar-refractivity contribution in [3.8, 4) is 0 Å². The molecule has 1 aromatic rings. The third-order valence-corrected chi connectivity index (χ3v) is 1.83. The lowest BCUT2D eigenvalue weighted by molar-refractivity contribution is -0.142. The van der Waals surface area contributed by atoms with Gasteiger partial charge in [-0.2, -0.15) is 0 Å². The van der Waals surface area contributed by atoms with Crippen molar-refractivity contribution in [1.29, 1.82) is 0 Å². The number of hydrogen-bond donors (Lipinski definition) is 1. The Hall–Kier alpha value is -1.55. The lowest BCUT2D eigenvalue weighted by Gasteiger charge is -1.96. The highest BCUT2D eigenvalue weighted by Crippen LogP contribution is 2.09. The zero-order chi connectivity index (χ0) is 11.1. The van der Waals surface area contributed by atoms with Crippen LogP contribution in [0, 0.1) is 0 Å². The van der Waals surface area contributed by atoms with Gasteiger partial charge >= 0.3 is 5.97 Å². The van der Waals surface area contributed by atoms with Gasteiger partial charge < -0.3 is 9.94 Å². The Bertz CT molecular complexity index is 348. The van der Waals surface area contributed by atoms with Crippen LogP contribution in [-0.2, 0) is 16.1 Å². The Kier molecular flexibility index (Phi) is 4.63. The van der Waals surface area contributed by atoms with Crippen LogP contribution in [-0.4, -0.2) is 23.9 Å². The van der Waals surface area contributed by atoms with Crippen LogP contribution in [0.1, 0.15) is 5.56 Å². The molecule has 5 heteroatoms. The monoisotopic (exact) mass is 227 g/mol. The highest BCUT2D eigenvalue weighted by atomic mass is 35.5. The van der Waals surface area contributed by atoms with Crippen LogP contribution >= 0.6 is 11.6 Å². The Balaban J connectivity index is 2.30. The summed E-state index contributed by atoms with van der Waals surface area (Å²) in [5.41, 5.74) is 1.03. The summed E-state index contributed by atoms with van der Waals surface area (Å²) in [7, 11) is 0. The molecule has 0 heterocycles. The molecule has 15 heavy (non-hydrogen) atoms. The molecule has 0 spiro atoms. The molecule has 0 atom stereocenters. The molecule has 4 nitrogen and oxygen atoms in total. The van der Waals surface area contributed by atoms with Gasteiger partial charge in [-0.05, 0) is 17.7 Å². The van der Waals surface area contributed by atoms with Crippen LogP contribution in [0.2, 0.25) is 5.02 Å². The van der Waals surface area contributed by atoms with Gasteiger partial charge in [0.2, 0.25) is 6.61 Å². The summed E-state index contributed by atoms with van der Waals surface area (Å²) in [6.07, 6.45) is 2.09. The molecule has 1 N–H and O–H groups in total. The summed E-state index contributed by atoms with van der Waals surface area (Å²) >= 11 is 5.71. The van der Waals surface area contributed by atoms with E-state index in [1.165, 1.54) is 6.21 Å². The van der Waals surface area contributed by atoms with E-state index in [1.54, 1.807) is 12.1 Å². The molecule has 0 aliphatic carbocycles. The first-order chi connectivity index (χ1) is 7.18. The van der Waals surface area contributed by atoms with Crippen LogP contribution in [0.5, 0.6) is 0 Å². The summed E-state index contributed by atoms with van der Waals surface area (Å²) in [6.45, 7) is -0.420. The van der Waals surface area contributed by atoms with Crippen LogP contribution in [0.15, 0.2) is 29.4 Å². The fourth-order valence-corrected chi connectivity index (χ4v) is 1.03. The molecular formula is C10H10ClNO3. The average molecular weight is 228 g/mol. The predicted molar refractivity (Wildman–Crippen MR) is 57.2 cm³/mol. The number of carbonyl (C=O) groups is 1. The molecular weight excluding hydrogens is 218 g/mol. The number of oxime groups is 1. The Morgan fingerprint density at radius 2 is 2.13 bits per heavy atom. The van der Waals surface area contributed by atoms with Crippen molar-refractivity contribution in [2.24, 2.45) is 5.16 Å². The Labute approximate surface area is 92.1 Å². The fourth-order valence-electron chi connectivity index (χ4n) is 0.908. The minimum absolute atomic E-state index is 0.420. The second-order valence-corrected chi connectivity index (χ2v) is 3.22. The molecule has 80 valence electrons. The van der Waals surface area contributed by atoms with Gasteiger partial charge in [0.1, 0.15) is 0 Å². The number of halogens is 1. The highest BCUT2D eigenvalue weighted by Gasteiger charge is 1.93. The summed E-state index contributed by atoms with van der Waals surface area (Å²) in [5, 5.41) is 12.4. The second kappa shape index (κ2) is 6.03. The Morgan fingerprint density at radius 1 is 1.47 bits per heavy atom. The SMILES string of the molecule is O=C(O)CON=CCc1ccc(Cl)cc1. The van der Waals surface area contributed by atoms with Crippen molar-refractivity contribution in [3.05, 3.63) is 34.9 Å². The number of carboxylic acids is 1. The van der Waals surface area contributed by atoms with Gasteiger partial charge in [0.05, 0.1) is 0 Å². The first-order valence-electron chi connectivity index (χ1n) is 4.28. The lowest BCUT2D eigenvalue weighted by atomic mass is 10.2. The number of nitrogens with zero attached hydrogens (tertiary/aromatic N) is 1. The van der Waals surface area contributed by atoms with Gasteiger partial charge in [-0.15, -0.1) is 0 Å². The van der Waals surface area contributed by atoms with Crippen LogP contribution in [0.3, 0.4) is 0 Å². The molecule has 0 radical (unpaired) electrons. The zero-order valence-electron chi connectivity index (χ0n) is 7.89. The lowest BCUT2D eigenvalue weighted by Crippen LogP contribution is -2.03. The average Bonchev–Trinajstić information content (AvgIpc) is 2.20. The second-order valence-electron chi connectivity index (χ2n) is 2.79. The molecule has 0 aliphatic heterocycles. The number of aliphatic carboxylic acids is 1. The first kappa shape index (κ1) is 11.5. The fraction of sp³-hybridized carbons (Fsp3) is 0.200. The number of benzene rings is 1. The summed E-state index contributed by atoms with van der Waals surface area (Å²) in [5.74, 6) is -1.04. The third-order valence-electron chi connectivity index (χ3n) is 1.58. The molecule has 0 saturated carbocycles.